The molecule has 1 N–H and O–H groups in total. The van der Waals surface area contributed by atoms with Gasteiger partial charge in [-0.05, 0) is 34.9 Å². The molecule has 0 aliphatic carbocycles. The molecular formula is C10H16N6. The van der Waals surface area contributed by atoms with E-state index in [1.54, 1.807) is 0 Å². The SMILES string of the molecule is CCC(Nc1ccc2nnnn2n1)C(C)C. The van der Waals surface area contributed by atoms with Crippen LogP contribution in [0.15, 0.2) is 12.1 Å². The molecule has 0 saturated heterocycles. The Kier molecular flexibility index (Phi) is 2.98. The Morgan fingerprint density at radius 2 is 2.19 bits per heavy atom. The van der Waals surface area contributed by atoms with Crippen LogP contribution in [0.5, 0.6) is 0 Å². The fourth-order valence-electron chi connectivity index (χ4n) is 1.66. The van der Waals surface area contributed by atoms with Gasteiger partial charge in [-0.1, -0.05) is 20.8 Å². The van der Waals surface area contributed by atoms with Crippen molar-refractivity contribution >= 4 is 11.5 Å². The summed E-state index contributed by atoms with van der Waals surface area (Å²) >= 11 is 0. The molecule has 2 heterocycles. The summed E-state index contributed by atoms with van der Waals surface area (Å²) in [5.74, 6) is 1.37. The number of anilines is 1. The first-order chi connectivity index (χ1) is 7.70. The van der Waals surface area contributed by atoms with Crippen LogP contribution in [-0.4, -0.2) is 31.3 Å². The van der Waals surface area contributed by atoms with E-state index in [1.165, 1.54) is 4.63 Å². The highest BCUT2D eigenvalue weighted by Crippen LogP contribution is 2.12. The Bertz CT molecular complexity index is 463. The van der Waals surface area contributed by atoms with Crippen LogP contribution in [0.4, 0.5) is 5.82 Å². The summed E-state index contributed by atoms with van der Waals surface area (Å²) in [4.78, 5) is 0. The highest BCUT2D eigenvalue weighted by Gasteiger charge is 2.11. The van der Waals surface area contributed by atoms with E-state index in [4.69, 9.17) is 0 Å². The minimum absolute atomic E-state index is 0.418. The van der Waals surface area contributed by atoms with E-state index >= 15 is 0 Å². The van der Waals surface area contributed by atoms with Crippen LogP contribution < -0.4 is 5.32 Å². The van der Waals surface area contributed by atoms with Gasteiger partial charge in [0.25, 0.3) is 0 Å². The number of fused-ring (bicyclic) bond motifs is 1. The van der Waals surface area contributed by atoms with E-state index in [0.29, 0.717) is 17.6 Å². The van der Waals surface area contributed by atoms with Gasteiger partial charge in [-0.15, -0.1) is 14.8 Å². The number of aromatic nitrogens is 5. The van der Waals surface area contributed by atoms with Gasteiger partial charge in [-0.2, -0.15) is 0 Å². The predicted octanol–water partition coefficient (Wildman–Crippen LogP) is 1.37. The predicted molar refractivity (Wildman–Crippen MR) is 61.1 cm³/mol. The molecule has 16 heavy (non-hydrogen) atoms. The Hall–Kier alpha value is -1.72. The number of hydrogen-bond donors (Lipinski definition) is 1. The van der Waals surface area contributed by atoms with Gasteiger partial charge >= 0.3 is 0 Å². The number of tetrazole rings is 1. The van der Waals surface area contributed by atoms with Gasteiger partial charge in [0.05, 0.1) is 0 Å². The number of nitrogens with zero attached hydrogens (tertiary/aromatic N) is 5. The summed E-state index contributed by atoms with van der Waals surface area (Å²) < 4.78 is 1.43. The molecule has 0 bridgehead atoms. The lowest BCUT2D eigenvalue weighted by Crippen LogP contribution is -2.25. The minimum atomic E-state index is 0.418. The maximum absolute atomic E-state index is 4.27. The molecule has 2 aromatic rings. The standard InChI is InChI=1S/C10H16N6/c1-4-8(7(2)3)11-9-5-6-10-12-14-15-16(10)13-9/h5-8H,4H2,1-3H3,(H,11,13). The van der Waals surface area contributed by atoms with Crippen LogP contribution in [0.2, 0.25) is 0 Å². The largest absolute Gasteiger partial charge is 0.366 e. The Morgan fingerprint density at radius 1 is 1.38 bits per heavy atom. The zero-order valence-electron chi connectivity index (χ0n) is 9.75. The summed E-state index contributed by atoms with van der Waals surface area (Å²) in [5, 5.41) is 18.8. The molecule has 0 fully saturated rings. The molecule has 2 rings (SSSR count). The first-order valence-electron chi connectivity index (χ1n) is 5.52. The van der Waals surface area contributed by atoms with Crippen molar-refractivity contribution in [3.8, 4) is 0 Å². The molecule has 0 amide bonds. The molecule has 0 saturated carbocycles. The van der Waals surface area contributed by atoms with Gasteiger partial charge in [-0.25, -0.2) is 0 Å². The first kappa shape index (κ1) is 10.8. The van der Waals surface area contributed by atoms with E-state index in [9.17, 15) is 0 Å². The van der Waals surface area contributed by atoms with Crippen LogP contribution in [0.25, 0.3) is 5.65 Å². The van der Waals surface area contributed by atoms with Crippen molar-refractivity contribution in [1.82, 2.24) is 25.3 Å². The molecule has 0 aliphatic heterocycles. The molecular weight excluding hydrogens is 204 g/mol. The summed E-state index contributed by atoms with van der Waals surface area (Å²) in [6, 6.07) is 4.17. The first-order valence-corrected chi connectivity index (χ1v) is 5.52. The normalized spacial score (nSPS) is 13.2. The van der Waals surface area contributed by atoms with Crippen molar-refractivity contribution in [3.63, 3.8) is 0 Å². The maximum Gasteiger partial charge on any atom is 0.200 e. The van der Waals surface area contributed by atoms with Crippen LogP contribution in [0.3, 0.4) is 0 Å². The van der Waals surface area contributed by atoms with Crippen molar-refractivity contribution in [2.45, 2.75) is 33.2 Å². The molecule has 0 aromatic carbocycles. The second kappa shape index (κ2) is 4.42. The van der Waals surface area contributed by atoms with Crippen molar-refractivity contribution in [2.75, 3.05) is 5.32 Å². The molecule has 6 heteroatoms. The fraction of sp³-hybridized carbons (Fsp3) is 0.600. The smallest absolute Gasteiger partial charge is 0.200 e. The summed E-state index contributed by atoms with van der Waals surface area (Å²) in [6.07, 6.45) is 1.06. The third-order valence-corrected chi connectivity index (χ3v) is 2.65. The number of hydrogen-bond acceptors (Lipinski definition) is 5. The van der Waals surface area contributed by atoms with Crippen molar-refractivity contribution < 1.29 is 0 Å². The monoisotopic (exact) mass is 220 g/mol. The average molecular weight is 220 g/mol. The zero-order valence-corrected chi connectivity index (χ0v) is 9.75. The highest BCUT2D eigenvalue weighted by atomic mass is 15.6. The minimum Gasteiger partial charge on any atom is -0.366 e. The molecule has 1 atom stereocenters. The van der Waals surface area contributed by atoms with Gasteiger partial charge < -0.3 is 5.32 Å². The lowest BCUT2D eigenvalue weighted by Gasteiger charge is -2.20. The third kappa shape index (κ3) is 2.10. The number of nitrogens with one attached hydrogen (secondary N) is 1. The average Bonchev–Trinajstić information content (AvgIpc) is 2.72. The second-order valence-corrected chi connectivity index (χ2v) is 4.15. The molecule has 1 unspecified atom stereocenters. The third-order valence-electron chi connectivity index (χ3n) is 2.65. The van der Waals surface area contributed by atoms with E-state index in [1.807, 2.05) is 12.1 Å². The number of rotatable bonds is 4. The summed E-state index contributed by atoms with van der Waals surface area (Å²) in [5.41, 5.74) is 0.656. The maximum atomic E-state index is 4.27. The lowest BCUT2D eigenvalue weighted by molar-refractivity contribution is 0.508. The van der Waals surface area contributed by atoms with Gasteiger partial charge in [0.2, 0.25) is 0 Å². The molecule has 0 radical (unpaired) electrons. The van der Waals surface area contributed by atoms with E-state index in [0.717, 1.165) is 12.2 Å². The molecule has 2 aromatic heterocycles. The zero-order chi connectivity index (χ0) is 11.5. The van der Waals surface area contributed by atoms with Crippen LogP contribution >= 0.6 is 0 Å². The summed E-state index contributed by atoms with van der Waals surface area (Å²) in [7, 11) is 0. The summed E-state index contributed by atoms with van der Waals surface area (Å²) in [6.45, 7) is 6.54. The van der Waals surface area contributed by atoms with E-state index in [2.05, 4.69) is 46.7 Å². The van der Waals surface area contributed by atoms with Crippen molar-refractivity contribution in [1.29, 1.82) is 0 Å². The second-order valence-electron chi connectivity index (χ2n) is 4.15. The van der Waals surface area contributed by atoms with Crippen molar-refractivity contribution in [3.05, 3.63) is 12.1 Å². The highest BCUT2D eigenvalue weighted by molar-refractivity contribution is 5.42. The molecule has 86 valence electrons. The Morgan fingerprint density at radius 3 is 2.88 bits per heavy atom. The van der Waals surface area contributed by atoms with Crippen LogP contribution in [-0.2, 0) is 0 Å². The van der Waals surface area contributed by atoms with E-state index in [-0.39, 0.29) is 0 Å². The molecule has 0 aliphatic rings. The molecule has 6 nitrogen and oxygen atoms in total. The van der Waals surface area contributed by atoms with E-state index < -0.39 is 0 Å². The van der Waals surface area contributed by atoms with Crippen LogP contribution in [0, 0.1) is 5.92 Å². The Labute approximate surface area is 94.0 Å². The topological polar surface area (TPSA) is 68.0 Å². The van der Waals surface area contributed by atoms with Crippen LogP contribution in [0.1, 0.15) is 27.2 Å². The van der Waals surface area contributed by atoms with Gasteiger partial charge in [-0.3, -0.25) is 0 Å². The lowest BCUT2D eigenvalue weighted by atomic mass is 10.0. The molecule has 0 spiro atoms. The van der Waals surface area contributed by atoms with Gasteiger partial charge in [0.15, 0.2) is 5.65 Å². The quantitative estimate of drug-likeness (QED) is 0.842. The van der Waals surface area contributed by atoms with Gasteiger partial charge in [0, 0.05) is 6.04 Å². The van der Waals surface area contributed by atoms with Crippen molar-refractivity contribution in [2.24, 2.45) is 5.92 Å². The Balaban J connectivity index is 2.19. The fourth-order valence-corrected chi connectivity index (χ4v) is 1.66. The van der Waals surface area contributed by atoms with Gasteiger partial charge in [0.1, 0.15) is 5.82 Å².